The Labute approximate surface area is 184 Å². The lowest BCUT2D eigenvalue weighted by molar-refractivity contribution is -0.121. The molecule has 0 saturated heterocycles. The van der Waals surface area contributed by atoms with Crippen molar-refractivity contribution >= 4 is 22.6 Å². The number of nitrogens with zero attached hydrogens (tertiary/aromatic N) is 3. The largest absolute Gasteiger partial charge is 0.324 e. The van der Waals surface area contributed by atoms with Gasteiger partial charge in [0.25, 0.3) is 11.5 Å². The zero-order chi connectivity index (χ0) is 22.7. The normalized spacial score (nSPS) is 11.0. The van der Waals surface area contributed by atoms with Gasteiger partial charge in [0.2, 0.25) is 5.91 Å². The predicted octanol–water partition coefficient (Wildman–Crippen LogP) is 2.77. The fraction of sp³-hybridized carbons (Fsp3) is 0.167. The van der Waals surface area contributed by atoms with E-state index in [-0.39, 0.29) is 29.6 Å². The van der Waals surface area contributed by atoms with Crippen LogP contribution < -0.4 is 16.4 Å². The molecule has 2 N–H and O–H groups in total. The van der Waals surface area contributed by atoms with E-state index in [1.165, 1.54) is 4.68 Å². The van der Waals surface area contributed by atoms with Crippen LogP contribution in [-0.2, 0) is 11.2 Å². The number of benzene rings is 2. The van der Waals surface area contributed by atoms with Crippen LogP contribution in [0.4, 0.5) is 0 Å². The molecule has 8 nitrogen and oxygen atoms in total. The summed E-state index contributed by atoms with van der Waals surface area (Å²) in [6, 6.07) is 18.0. The van der Waals surface area contributed by atoms with Crippen LogP contribution >= 0.6 is 0 Å². The molecular weight excluding hydrogens is 406 g/mol. The minimum Gasteiger partial charge on any atom is -0.324 e. The van der Waals surface area contributed by atoms with Crippen LogP contribution in [0.3, 0.4) is 0 Å². The number of fused-ring (bicyclic) bond motifs is 1. The van der Waals surface area contributed by atoms with Gasteiger partial charge < -0.3 is 4.57 Å². The first-order valence-corrected chi connectivity index (χ1v) is 10.3. The number of hydrogen-bond acceptors (Lipinski definition) is 4. The van der Waals surface area contributed by atoms with Gasteiger partial charge in [-0.2, -0.15) is 5.10 Å². The summed E-state index contributed by atoms with van der Waals surface area (Å²) in [6.45, 7) is 3.63. The van der Waals surface area contributed by atoms with Crippen molar-refractivity contribution in [2.75, 3.05) is 0 Å². The first-order chi connectivity index (χ1) is 15.4. The van der Waals surface area contributed by atoms with Crippen molar-refractivity contribution in [2.45, 2.75) is 26.3 Å². The van der Waals surface area contributed by atoms with Gasteiger partial charge in [0.05, 0.1) is 17.8 Å². The molecular formula is C24H23N5O3. The van der Waals surface area contributed by atoms with Crippen LogP contribution in [0.1, 0.15) is 35.9 Å². The molecule has 0 spiro atoms. The van der Waals surface area contributed by atoms with E-state index in [1.54, 1.807) is 24.3 Å². The molecule has 0 saturated carbocycles. The SMILES string of the molecule is CC(C)n1nc(C(=O)NNC(=O)Cc2ccc(-n3cccc3)cc2)c2ccccc2c1=O. The molecule has 2 aromatic carbocycles. The molecule has 0 aliphatic carbocycles. The van der Waals surface area contributed by atoms with Crippen molar-refractivity contribution < 1.29 is 9.59 Å². The number of carbonyl (C=O) groups excluding carboxylic acids is 2. The first kappa shape index (κ1) is 21.0. The zero-order valence-electron chi connectivity index (χ0n) is 17.8. The maximum atomic E-state index is 12.8. The Bertz CT molecular complexity index is 1320. The highest BCUT2D eigenvalue weighted by molar-refractivity contribution is 6.05. The van der Waals surface area contributed by atoms with E-state index in [0.717, 1.165) is 11.3 Å². The molecule has 0 atom stereocenters. The summed E-state index contributed by atoms with van der Waals surface area (Å²) in [4.78, 5) is 37.7. The third kappa shape index (κ3) is 4.29. The maximum Gasteiger partial charge on any atom is 0.290 e. The van der Waals surface area contributed by atoms with Crippen LogP contribution in [0.2, 0.25) is 0 Å². The molecule has 0 radical (unpaired) electrons. The summed E-state index contributed by atoms with van der Waals surface area (Å²) in [5.74, 6) is -0.958. The highest BCUT2D eigenvalue weighted by Gasteiger charge is 2.18. The molecule has 162 valence electrons. The number of nitrogens with one attached hydrogen (secondary N) is 2. The van der Waals surface area contributed by atoms with E-state index >= 15 is 0 Å². The number of hydrazine groups is 1. The van der Waals surface area contributed by atoms with Crippen LogP contribution in [0, 0.1) is 0 Å². The van der Waals surface area contributed by atoms with Gasteiger partial charge in [-0.15, -0.1) is 0 Å². The lowest BCUT2D eigenvalue weighted by Crippen LogP contribution is -2.43. The Morgan fingerprint density at radius 3 is 2.22 bits per heavy atom. The van der Waals surface area contributed by atoms with E-state index in [2.05, 4.69) is 16.0 Å². The summed E-state index contributed by atoms with van der Waals surface area (Å²) in [5, 5.41) is 5.07. The average molecular weight is 429 g/mol. The first-order valence-electron chi connectivity index (χ1n) is 10.3. The molecule has 0 aliphatic heterocycles. The van der Waals surface area contributed by atoms with E-state index in [9.17, 15) is 14.4 Å². The monoisotopic (exact) mass is 429 g/mol. The van der Waals surface area contributed by atoms with Crippen molar-refractivity contribution in [2.24, 2.45) is 0 Å². The molecule has 8 heteroatoms. The number of hydrogen-bond donors (Lipinski definition) is 2. The zero-order valence-corrected chi connectivity index (χ0v) is 17.8. The smallest absolute Gasteiger partial charge is 0.290 e. The van der Waals surface area contributed by atoms with Crippen LogP contribution in [0.25, 0.3) is 16.5 Å². The van der Waals surface area contributed by atoms with Gasteiger partial charge in [0.1, 0.15) is 0 Å². The molecule has 0 bridgehead atoms. The third-order valence-electron chi connectivity index (χ3n) is 5.05. The van der Waals surface area contributed by atoms with Crippen molar-refractivity contribution in [3.63, 3.8) is 0 Å². The molecule has 32 heavy (non-hydrogen) atoms. The van der Waals surface area contributed by atoms with E-state index < -0.39 is 5.91 Å². The summed E-state index contributed by atoms with van der Waals surface area (Å²) >= 11 is 0. The molecule has 4 rings (SSSR count). The summed E-state index contributed by atoms with van der Waals surface area (Å²) in [7, 11) is 0. The van der Waals surface area contributed by atoms with Crippen LogP contribution in [-0.4, -0.2) is 26.2 Å². The fourth-order valence-corrected chi connectivity index (χ4v) is 3.43. The van der Waals surface area contributed by atoms with Crippen molar-refractivity contribution in [3.8, 4) is 5.69 Å². The summed E-state index contributed by atoms with van der Waals surface area (Å²) in [6.07, 6.45) is 3.99. The van der Waals surface area contributed by atoms with Crippen molar-refractivity contribution in [3.05, 3.63) is 94.7 Å². The van der Waals surface area contributed by atoms with E-state index in [1.807, 2.05) is 67.2 Å². The van der Waals surface area contributed by atoms with Gasteiger partial charge in [-0.25, -0.2) is 4.68 Å². The van der Waals surface area contributed by atoms with E-state index in [4.69, 9.17) is 0 Å². The van der Waals surface area contributed by atoms with Gasteiger partial charge in [-0.1, -0.05) is 30.3 Å². The number of rotatable bonds is 5. The maximum absolute atomic E-state index is 12.8. The Morgan fingerprint density at radius 1 is 0.906 bits per heavy atom. The van der Waals surface area contributed by atoms with Crippen molar-refractivity contribution in [1.29, 1.82) is 0 Å². The molecule has 2 heterocycles. The molecule has 4 aromatic rings. The fourth-order valence-electron chi connectivity index (χ4n) is 3.43. The summed E-state index contributed by atoms with van der Waals surface area (Å²) in [5.41, 5.74) is 6.45. The van der Waals surface area contributed by atoms with Crippen molar-refractivity contribution in [1.82, 2.24) is 25.2 Å². The lowest BCUT2D eigenvalue weighted by Gasteiger charge is -2.14. The Hall–Kier alpha value is -4.20. The highest BCUT2D eigenvalue weighted by Crippen LogP contribution is 2.15. The van der Waals surface area contributed by atoms with Gasteiger partial charge in [-0.3, -0.25) is 25.2 Å². The van der Waals surface area contributed by atoms with Crippen LogP contribution in [0.5, 0.6) is 0 Å². The second kappa shape index (κ2) is 8.89. The Kier molecular flexibility index (Phi) is 5.85. The Morgan fingerprint density at radius 2 is 1.56 bits per heavy atom. The second-order valence-corrected chi connectivity index (χ2v) is 7.67. The average Bonchev–Trinajstić information content (AvgIpc) is 3.33. The Balaban J connectivity index is 1.46. The quantitative estimate of drug-likeness (QED) is 0.477. The minimum absolute atomic E-state index is 0.0743. The van der Waals surface area contributed by atoms with Gasteiger partial charge >= 0.3 is 0 Å². The third-order valence-corrected chi connectivity index (χ3v) is 5.05. The number of aromatic nitrogens is 3. The van der Waals surface area contributed by atoms with Crippen LogP contribution in [0.15, 0.2) is 77.9 Å². The number of amides is 2. The standard InChI is InChI=1S/C24H23N5O3/c1-16(2)29-24(32)20-8-4-3-7-19(20)22(27-29)23(31)26-25-21(30)15-17-9-11-18(12-10-17)28-13-5-6-14-28/h3-14,16H,15H2,1-2H3,(H,25,30)(H,26,31). The van der Waals surface area contributed by atoms with Gasteiger partial charge in [-0.05, 0) is 49.7 Å². The van der Waals surface area contributed by atoms with E-state index in [0.29, 0.717) is 10.8 Å². The molecule has 0 unspecified atom stereocenters. The molecule has 0 aliphatic rings. The number of carbonyl (C=O) groups is 2. The lowest BCUT2D eigenvalue weighted by atomic mass is 10.1. The van der Waals surface area contributed by atoms with Gasteiger partial charge in [0.15, 0.2) is 5.69 Å². The highest BCUT2D eigenvalue weighted by atomic mass is 16.2. The topological polar surface area (TPSA) is 98.0 Å². The summed E-state index contributed by atoms with van der Waals surface area (Å²) < 4.78 is 3.24. The second-order valence-electron chi connectivity index (χ2n) is 7.67. The minimum atomic E-state index is -0.591. The predicted molar refractivity (Wildman–Crippen MR) is 121 cm³/mol. The molecule has 2 amide bonds. The molecule has 2 aromatic heterocycles. The molecule has 0 fully saturated rings. The van der Waals surface area contributed by atoms with Gasteiger partial charge in [0, 0.05) is 23.5 Å².